The molecule has 0 spiro atoms. The maximum atomic E-state index is 13.0. The van der Waals surface area contributed by atoms with Crippen molar-refractivity contribution in [2.45, 2.75) is 32.6 Å². The average Bonchev–Trinajstić information content (AvgIpc) is 2.50. The Morgan fingerprint density at radius 1 is 1.13 bits per heavy atom. The fraction of sp³-hybridized carbons (Fsp3) is 0.538. The number of hydrogen-bond donors (Lipinski definition) is 0. The van der Waals surface area contributed by atoms with Gasteiger partial charge in [-0.25, -0.2) is 8.78 Å². The molecule has 15 heavy (non-hydrogen) atoms. The summed E-state index contributed by atoms with van der Waals surface area (Å²) >= 11 is 0. The number of rotatable bonds is 2. The fourth-order valence-electron chi connectivity index (χ4n) is 2.56. The Hall–Kier alpha value is -0.920. The van der Waals surface area contributed by atoms with Crippen LogP contribution in [0.2, 0.25) is 0 Å². The van der Waals surface area contributed by atoms with Crippen LogP contribution in [-0.2, 0) is 6.42 Å². The predicted octanol–water partition coefficient (Wildman–Crippen LogP) is 3.94. The van der Waals surface area contributed by atoms with Crippen LogP contribution in [0.25, 0.3) is 0 Å². The van der Waals surface area contributed by atoms with Crippen LogP contribution in [0.4, 0.5) is 8.78 Å². The molecule has 0 bridgehead atoms. The second-order valence-electron chi connectivity index (χ2n) is 4.65. The van der Waals surface area contributed by atoms with Crippen molar-refractivity contribution < 1.29 is 8.78 Å². The number of benzene rings is 1. The summed E-state index contributed by atoms with van der Waals surface area (Å²) in [5, 5.41) is 0. The Morgan fingerprint density at radius 2 is 1.80 bits per heavy atom. The minimum atomic E-state index is -0.462. The molecule has 0 nitrogen and oxygen atoms in total. The molecule has 0 amide bonds. The van der Waals surface area contributed by atoms with E-state index < -0.39 is 11.6 Å². The lowest BCUT2D eigenvalue weighted by molar-refractivity contribution is 0.415. The van der Waals surface area contributed by atoms with Crippen molar-refractivity contribution in [2.75, 3.05) is 0 Å². The van der Waals surface area contributed by atoms with Crippen molar-refractivity contribution >= 4 is 0 Å². The number of hydrogen-bond acceptors (Lipinski definition) is 0. The van der Waals surface area contributed by atoms with E-state index in [2.05, 4.69) is 6.92 Å². The van der Waals surface area contributed by atoms with Crippen molar-refractivity contribution in [1.29, 1.82) is 0 Å². The van der Waals surface area contributed by atoms with Crippen molar-refractivity contribution in [1.82, 2.24) is 0 Å². The molecule has 2 atom stereocenters. The highest BCUT2D eigenvalue weighted by molar-refractivity contribution is 5.18. The summed E-state index contributed by atoms with van der Waals surface area (Å²) < 4.78 is 25.9. The zero-order valence-electron chi connectivity index (χ0n) is 8.97. The van der Waals surface area contributed by atoms with E-state index >= 15 is 0 Å². The first kappa shape index (κ1) is 10.6. The van der Waals surface area contributed by atoms with E-state index in [-0.39, 0.29) is 0 Å². The molecule has 2 rings (SSSR count). The van der Waals surface area contributed by atoms with Gasteiger partial charge in [0.1, 0.15) is 11.6 Å². The van der Waals surface area contributed by atoms with E-state index in [9.17, 15) is 8.78 Å². The summed E-state index contributed by atoms with van der Waals surface area (Å²) in [5.74, 6) is 0.369. The van der Waals surface area contributed by atoms with Gasteiger partial charge in [-0.2, -0.15) is 0 Å². The summed E-state index contributed by atoms with van der Waals surface area (Å²) in [4.78, 5) is 0. The zero-order chi connectivity index (χ0) is 10.8. The van der Waals surface area contributed by atoms with Gasteiger partial charge >= 0.3 is 0 Å². The highest BCUT2D eigenvalue weighted by atomic mass is 19.1. The first-order valence-corrected chi connectivity index (χ1v) is 5.60. The van der Waals surface area contributed by atoms with Gasteiger partial charge in [-0.1, -0.05) is 19.8 Å². The van der Waals surface area contributed by atoms with Crippen LogP contribution in [-0.4, -0.2) is 0 Å². The van der Waals surface area contributed by atoms with E-state index in [0.717, 1.165) is 18.1 Å². The summed E-state index contributed by atoms with van der Waals surface area (Å²) in [6.07, 6.45) is 4.52. The minimum absolute atomic E-state index is 0.462. The zero-order valence-corrected chi connectivity index (χ0v) is 8.97. The Balaban J connectivity index is 2.10. The van der Waals surface area contributed by atoms with Crippen LogP contribution in [0, 0.1) is 23.5 Å². The minimum Gasteiger partial charge on any atom is -0.207 e. The molecule has 1 saturated carbocycles. The molecular formula is C13H16F2. The van der Waals surface area contributed by atoms with Crippen molar-refractivity contribution in [2.24, 2.45) is 11.8 Å². The van der Waals surface area contributed by atoms with Crippen LogP contribution in [0.15, 0.2) is 18.2 Å². The van der Waals surface area contributed by atoms with Gasteiger partial charge in [0.05, 0.1) is 0 Å². The largest absolute Gasteiger partial charge is 0.207 e. The summed E-state index contributed by atoms with van der Waals surface area (Å²) in [5.41, 5.74) is 0.797. The van der Waals surface area contributed by atoms with Crippen LogP contribution in [0.5, 0.6) is 0 Å². The third kappa shape index (κ3) is 2.55. The third-order valence-corrected chi connectivity index (χ3v) is 3.46. The maximum absolute atomic E-state index is 13.0. The normalized spacial score (nSPS) is 25.8. The quantitative estimate of drug-likeness (QED) is 0.693. The second kappa shape index (κ2) is 4.30. The Labute approximate surface area is 89.3 Å². The molecule has 0 N–H and O–H groups in total. The lowest BCUT2D eigenvalue weighted by atomic mass is 9.91. The van der Waals surface area contributed by atoms with Gasteiger partial charge in [0.25, 0.3) is 0 Å². The van der Waals surface area contributed by atoms with Crippen LogP contribution in [0.3, 0.4) is 0 Å². The average molecular weight is 210 g/mol. The topological polar surface area (TPSA) is 0 Å². The third-order valence-electron chi connectivity index (χ3n) is 3.46. The molecule has 1 aliphatic rings. The molecule has 1 fully saturated rings. The van der Waals surface area contributed by atoms with Crippen LogP contribution < -0.4 is 0 Å². The number of halogens is 2. The second-order valence-corrected chi connectivity index (χ2v) is 4.65. The van der Waals surface area contributed by atoms with Gasteiger partial charge in [0.15, 0.2) is 0 Å². The van der Waals surface area contributed by atoms with Crippen molar-refractivity contribution in [3.63, 3.8) is 0 Å². The molecule has 2 heteroatoms. The lowest BCUT2D eigenvalue weighted by Gasteiger charge is -2.15. The van der Waals surface area contributed by atoms with Gasteiger partial charge < -0.3 is 0 Å². The molecule has 0 aromatic heterocycles. The van der Waals surface area contributed by atoms with Gasteiger partial charge in [0, 0.05) is 6.07 Å². The van der Waals surface area contributed by atoms with Crippen molar-refractivity contribution in [3.8, 4) is 0 Å². The lowest BCUT2D eigenvalue weighted by Crippen LogP contribution is -2.07. The molecule has 1 aliphatic carbocycles. The monoisotopic (exact) mass is 210 g/mol. The van der Waals surface area contributed by atoms with Gasteiger partial charge in [0.2, 0.25) is 0 Å². The van der Waals surface area contributed by atoms with Crippen LogP contribution >= 0.6 is 0 Å². The first-order chi connectivity index (χ1) is 7.15. The Kier molecular flexibility index (Phi) is 3.03. The molecule has 82 valence electrons. The predicted molar refractivity (Wildman–Crippen MR) is 56.6 cm³/mol. The summed E-state index contributed by atoms with van der Waals surface area (Å²) in [6, 6.07) is 3.84. The molecule has 2 unspecified atom stereocenters. The van der Waals surface area contributed by atoms with Gasteiger partial charge in [-0.3, -0.25) is 0 Å². The molecule has 1 aromatic carbocycles. The molecular weight excluding hydrogens is 194 g/mol. The molecule has 1 aromatic rings. The van der Waals surface area contributed by atoms with Crippen LogP contribution in [0.1, 0.15) is 31.7 Å². The summed E-state index contributed by atoms with van der Waals surface area (Å²) in [7, 11) is 0. The fourth-order valence-corrected chi connectivity index (χ4v) is 2.56. The van der Waals surface area contributed by atoms with E-state index in [1.54, 1.807) is 0 Å². The standard InChI is InChI=1S/C13H16F2/c1-9-3-2-4-11(9)5-10-6-12(14)8-13(15)7-10/h6-9,11H,2-5H2,1H3. The molecule has 0 radical (unpaired) electrons. The Morgan fingerprint density at radius 3 is 2.33 bits per heavy atom. The van der Waals surface area contributed by atoms with Gasteiger partial charge in [-0.05, 0) is 42.4 Å². The Bertz CT molecular complexity index is 326. The van der Waals surface area contributed by atoms with E-state index in [1.165, 1.54) is 31.4 Å². The summed E-state index contributed by atoms with van der Waals surface area (Å²) in [6.45, 7) is 2.23. The highest BCUT2D eigenvalue weighted by Gasteiger charge is 2.23. The SMILES string of the molecule is CC1CCCC1Cc1cc(F)cc(F)c1. The smallest absolute Gasteiger partial charge is 0.126 e. The molecule has 0 heterocycles. The van der Waals surface area contributed by atoms with E-state index in [4.69, 9.17) is 0 Å². The highest BCUT2D eigenvalue weighted by Crippen LogP contribution is 2.33. The molecule has 0 aliphatic heterocycles. The van der Waals surface area contributed by atoms with Crippen molar-refractivity contribution in [3.05, 3.63) is 35.4 Å². The maximum Gasteiger partial charge on any atom is 0.126 e. The first-order valence-electron chi connectivity index (χ1n) is 5.60. The van der Waals surface area contributed by atoms with E-state index in [1.807, 2.05) is 0 Å². The molecule has 0 saturated heterocycles. The van der Waals surface area contributed by atoms with E-state index in [0.29, 0.717) is 11.8 Å². The van der Waals surface area contributed by atoms with Gasteiger partial charge in [-0.15, -0.1) is 0 Å².